The first-order valence-electron chi connectivity index (χ1n) is 11.1. The van der Waals surface area contributed by atoms with Crippen molar-refractivity contribution in [1.29, 1.82) is 0 Å². The first-order valence-corrected chi connectivity index (χ1v) is 12.7. The summed E-state index contributed by atoms with van der Waals surface area (Å²) >= 11 is 0. The number of carbonyl (C=O) groups excluding carboxylic acids is 1. The van der Waals surface area contributed by atoms with Gasteiger partial charge in [-0.05, 0) is 60.0 Å². The zero-order chi connectivity index (χ0) is 23.4. The van der Waals surface area contributed by atoms with Crippen molar-refractivity contribution in [1.82, 2.24) is 10.2 Å². The third-order valence-corrected chi connectivity index (χ3v) is 7.60. The zero-order valence-corrected chi connectivity index (χ0v) is 19.7. The fraction of sp³-hybridized carbons (Fsp3) is 0.269. The molecule has 1 atom stereocenters. The Bertz CT molecular complexity index is 1230. The summed E-state index contributed by atoms with van der Waals surface area (Å²) in [5.41, 5.74) is 4.81. The van der Waals surface area contributed by atoms with E-state index in [0.717, 1.165) is 30.6 Å². The number of hydrogen-bond donors (Lipinski definition) is 2. The van der Waals surface area contributed by atoms with E-state index >= 15 is 0 Å². The number of nitrogens with one attached hydrogen (secondary N) is 2. The SMILES string of the molecule is CCC(NC(=O)Nc1ccc(S(=O)(=O)Cc2ccc3c(c2)CN(C)C3)cc1)c1ccccc1. The molecule has 0 fully saturated rings. The van der Waals surface area contributed by atoms with E-state index in [1.807, 2.05) is 55.5 Å². The molecule has 0 aliphatic carbocycles. The molecule has 4 rings (SSSR count). The van der Waals surface area contributed by atoms with Gasteiger partial charge in [-0.15, -0.1) is 0 Å². The summed E-state index contributed by atoms with van der Waals surface area (Å²) in [6.45, 7) is 3.75. The molecule has 0 saturated heterocycles. The average Bonchev–Trinajstić information content (AvgIpc) is 3.17. The van der Waals surface area contributed by atoms with E-state index in [1.54, 1.807) is 24.3 Å². The smallest absolute Gasteiger partial charge is 0.319 e. The molecule has 1 heterocycles. The summed E-state index contributed by atoms with van der Waals surface area (Å²) in [5.74, 6) is -0.0491. The van der Waals surface area contributed by atoms with Crippen molar-refractivity contribution in [2.24, 2.45) is 0 Å². The maximum Gasteiger partial charge on any atom is 0.319 e. The predicted molar refractivity (Wildman–Crippen MR) is 131 cm³/mol. The van der Waals surface area contributed by atoms with Crippen LogP contribution in [0, 0.1) is 0 Å². The van der Waals surface area contributed by atoms with Gasteiger partial charge in [0.2, 0.25) is 0 Å². The molecule has 0 aromatic heterocycles. The van der Waals surface area contributed by atoms with Gasteiger partial charge in [0.25, 0.3) is 0 Å². The van der Waals surface area contributed by atoms with Gasteiger partial charge in [-0.3, -0.25) is 4.90 Å². The van der Waals surface area contributed by atoms with Crippen LogP contribution in [-0.4, -0.2) is 26.4 Å². The maximum absolute atomic E-state index is 12.9. The highest BCUT2D eigenvalue weighted by molar-refractivity contribution is 7.90. The van der Waals surface area contributed by atoms with Crippen molar-refractivity contribution in [2.75, 3.05) is 12.4 Å². The topological polar surface area (TPSA) is 78.5 Å². The molecule has 0 spiro atoms. The quantitative estimate of drug-likeness (QED) is 0.524. The largest absolute Gasteiger partial charge is 0.331 e. The highest BCUT2D eigenvalue weighted by atomic mass is 32.2. The second-order valence-corrected chi connectivity index (χ2v) is 10.5. The fourth-order valence-electron chi connectivity index (χ4n) is 4.19. The minimum atomic E-state index is -3.49. The van der Waals surface area contributed by atoms with E-state index in [0.29, 0.717) is 5.69 Å². The average molecular weight is 464 g/mol. The first-order chi connectivity index (χ1) is 15.8. The number of rotatable bonds is 7. The molecule has 172 valence electrons. The van der Waals surface area contributed by atoms with Gasteiger partial charge in [0.1, 0.15) is 0 Å². The molecule has 0 saturated carbocycles. The molecule has 0 radical (unpaired) electrons. The lowest BCUT2D eigenvalue weighted by atomic mass is 10.1. The van der Waals surface area contributed by atoms with Gasteiger partial charge < -0.3 is 10.6 Å². The molecule has 3 aromatic rings. The summed E-state index contributed by atoms with van der Waals surface area (Å²) in [5, 5.41) is 5.75. The van der Waals surface area contributed by atoms with Crippen molar-refractivity contribution < 1.29 is 13.2 Å². The molecule has 2 N–H and O–H groups in total. The highest BCUT2D eigenvalue weighted by Crippen LogP contribution is 2.25. The Balaban J connectivity index is 1.39. The van der Waals surface area contributed by atoms with Crippen molar-refractivity contribution >= 4 is 21.6 Å². The van der Waals surface area contributed by atoms with Crippen LogP contribution in [0.3, 0.4) is 0 Å². The molecule has 7 heteroatoms. The lowest BCUT2D eigenvalue weighted by Crippen LogP contribution is -2.32. The summed E-state index contributed by atoms with van der Waals surface area (Å²) in [6, 6.07) is 21.6. The highest BCUT2D eigenvalue weighted by Gasteiger charge is 2.20. The summed E-state index contributed by atoms with van der Waals surface area (Å²) in [4.78, 5) is 14.9. The Morgan fingerprint density at radius 3 is 2.36 bits per heavy atom. The number of benzene rings is 3. The van der Waals surface area contributed by atoms with Crippen molar-refractivity contribution in [3.05, 3.63) is 95.1 Å². The summed E-state index contributed by atoms with van der Waals surface area (Å²) in [7, 11) is -1.44. The van der Waals surface area contributed by atoms with Crippen LogP contribution in [0.4, 0.5) is 10.5 Å². The zero-order valence-electron chi connectivity index (χ0n) is 18.9. The van der Waals surface area contributed by atoms with Crippen LogP contribution in [-0.2, 0) is 28.7 Å². The normalized spacial score (nSPS) is 14.5. The molecule has 6 nitrogen and oxygen atoms in total. The number of fused-ring (bicyclic) bond motifs is 1. The Morgan fingerprint density at radius 1 is 0.970 bits per heavy atom. The summed E-state index contributed by atoms with van der Waals surface area (Å²) < 4.78 is 25.9. The van der Waals surface area contributed by atoms with Crippen LogP contribution >= 0.6 is 0 Å². The van der Waals surface area contributed by atoms with Gasteiger partial charge >= 0.3 is 6.03 Å². The second-order valence-electron chi connectivity index (χ2n) is 8.53. The Labute approximate surface area is 195 Å². The van der Waals surface area contributed by atoms with Crippen LogP contribution in [0.25, 0.3) is 0 Å². The molecular formula is C26H29N3O3S. The van der Waals surface area contributed by atoms with E-state index < -0.39 is 9.84 Å². The van der Waals surface area contributed by atoms with Crippen LogP contribution in [0.1, 0.15) is 41.6 Å². The Morgan fingerprint density at radius 2 is 1.67 bits per heavy atom. The van der Waals surface area contributed by atoms with Gasteiger partial charge in [0, 0.05) is 18.8 Å². The Hall–Kier alpha value is -3.16. The van der Waals surface area contributed by atoms with Crippen molar-refractivity contribution in [2.45, 2.75) is 43.1 Å². The van der Waals surface area contributed by atoms with E-state index in [9.17, 15) is 13.2 Å². The molecule has 3 aromatic carbocycles. The van der Waals surface area contributed by atoms with E-state index in [2.05, 4.69) is 22.6 Å². The van der Waals surface area contributed by atoms with Gasteiger partial charge in [-0.25, -0.2) is 13.2 Å². The predicted octanol–water partition coefficient (Wildman–Crippen LogP) is 4.88. The summed E-state index contributed by atoms with van der Waals surface area (Å²) in [6.07, 6.45) is 0.758. The minimum Gasteiger partial charge on any atom is -0.331 e. The lowest BCUT2D eigenvalue weighted by Gasteiger charge is -2.18. The van der Waals surface area contributed by atoms with Crippen molar-refractivity contribution in [3.63, 3.8) is 0 Å². The molecular weight excluding hydrogens is 434 g/mol. The van der Waals surface area contributed by atoms with Crippen LogP contribution in [0.15, 0.2) is 77.7 Å². The van der Waals surface area contributed by atoms with Crippen LogP contribution < -0.4 is 10.6 Å². The number of urea groups is 1. The monoisotopic (exact) mass is 463 g/mol. The molecule has 1 aliphatic rings. The van der Waals surface area contributed by atoms with E-state index in [1.165, 1.54) is 11.1 Å². The maximum atomic E-state index is 12.9. The standard InChI is InChI=1S/C26H29N3O3S/c1-3-25(20-7-5-4-6-8-20)28-26(30)27-23-11-13-24(14-12-23)33(31,32)18-19-9-10-21-16-29(2)17-22(21)15-19/h4-15,25H,3,16-18H2,1-2H3,(H2,27,28,30). The number of sulfone groups is 1. The van der Waals surface area contributed by atoms with E-state index in [-0.39, 0.29) is 22.7 Å². The molecule has 2 amide bonds. The number of nitrogens with zero attached hydrogens (tertiary/aromatic N) is 1. The van der Waals surface area contributed by atoms with Gasteiger partial charge in [0.15, 0.2) is 9.84 Å². The van der Waals surface area contributed by atoms with Gasteiger partial charge in [-0.1, -0.05) is 55.5 Å². The number of hydrogen-bond acceptors (Lipinski definition) is 4. The molecule has 33 heavy (non-hydrogen) atoms. The lowest BCUT2D eigenvalue weighted by molar-refractivity contribution is 0.248. The van der Waals surface area contributed by atoms with Gasteiger partial charge in [-0.2, -0.15) is 0 Å². The number of amides is 2. The third kappa shape index (κ3) is 5.61. The van der Waals surface area contributed by atoms with Crippen LogP contribution in [0.5, 0.6) is 0 Å². The first kappa shape index (κ1) is 23.0. The molecule has 1 unspecified atom stereocenters. The van der Waals surface area contributed by atoms with Crippen LogP contribution in [0.2, 0.25) is 0 Å². The minimum absolute atomic E-state index is 0.0491. The molecule has 1 aliphatic heterocycles. The number of anilines is 1. The Kier molecular flexibility index (Phi) is 6.81. The van der Waals surface area contributed by atoms with Crippen molar-refractivity contribution in [3.8, 4) is 0 Å². The molecule has 0 bridgehead atoms. The number of carbonyl (C=O) groups is 1. The second kappa shape index (κ2) is 9.77. The van der Waals surface area contributed by atoms with E-state index in [4.69, 9.17) is 0 Å². The van der Waals surface area contributed by atoms with Gasteiger partial charge in [0.05, 0.1) is 16.7 Å². The third-order valence-electron chi connectivity index (χ3n) is 5.89. The fourth-order valence-corrected chi connectivity index (χ4v) is 5.52.